The zero-order valence-electron chi connectivity index (χ0n) is 7.00. The maximum atomic E-state index is 5.00. The SMILES string of the molecule is COc1cc(CI)cc(OC)n1. The Morgan fingerprint density at radius 2 is 1.75 bits per heavy atom. The first-order valence-electron chi connectivity index (χ1n) is 3.45. The summed E-state index contributed by atoms with van der Waals surface area (Å²) < 4.78 is 10.9. The van der Waals surface area contributed by atoms with Crippen LogP contribution in [0, 0.1) is 0 Å². The summed E-state index contributed by atoms with van der Waals surface area (Å²) in [6, 6.07) is 3.80. The minimum Gasteiger partial charge on any atom is -0.481 e. The molecule has 1 aromatic heterocycles. The van der Waals surface area contributed by atoms with E-state index in [-0.39, 0.29) is 0 Å². The van der Waals surface area contributed by atoms with Gasteiger partial charge in [0.1, 0.15) is 0 Å². The minimum absolute atomic E-state index is 0.598. The number of ether oxygens (including phenoxy) is 2. The second-order valence-electron chi connectivity index (χ2n) is 2.19. The largest absolute Gasteiger partial charge is 0.481 e. The van der Waals surface area contributed by atoms with E-state index >= 15 is 0 Å². The van der Waals surface area contributed by atoms with Crippen molar-refractivity contribution in [2.75, 3.05) is 14.2 Å². The molecule has 0 unspecified atom stereocenters. The van der Waals surface area contributed by atoms with Gasteiger partial charge < -0.3 is 9.47 Å². The van der Waals surface area contributed by atoms with Crippen LogP contribution in [-0.2, 0) is 4.43 Å². The highest BCUT2D eigenvalue weighted by atomic mass is 127. The molecule has 0 aliphatic heterocycles. The maximum absolute atomic E-state index is 5.00. The fourth-order valence-corrected chi connectivity index (χ4v) is 1.26. The third-order valence-electron chi connectivity index (χ3n) is 1.41. The number of methoxy groups -OCH3 is 2. The molecule has 0 saturated carbocycles. The minimum atomic E-state index is 0.598. The normalized spacial score (nSPS) is 9.58. The van der Waals surface area contributed by atoms with Crippen LogP contribution in [0.1, 0.15) is 5.56 Å². The number of alkyl halides is 1. The van der Waals surface area contributed by atoms with E-state index < -0.39 is 0 Å². The van der Waals surface area contributed by atoms with Crippen molar-refractivity contribution in [2.24, 2.45) is 0 Å². The van der Waals surface area contributed by atoms with Crippen molar-refractivity contribution in [3.63, 3.8) is 0 Å². The van der Waals surface area contributed by atoms with Crippen LogP contribution in [0.2, 0.25) is 0 Å². The zero-order valence-corrected chi connectivity index (χ0v) is 9.16. The molecule has 0 aliphatic carbocycles. The van der Waals surface area contributed by atoms with E-state index in [0.29, 0.717) is 11.8 Å². The van der Waals surface area contributed by atoms with Crippen LogP contribution in [0.3, 0.4) is 0 Å². The van der Waals surface area contributed by atoms with Gasteiger partial charge in [0.05, 0.1) is 14.2 Å². The Morgan fingerprint density at radius 3 is 2.08 bits per heavy atom. The third kappa shape index (κ3) is 2.23. The van der Waals surface area contributed by atoms with Crippen molar-refractivity contribution in [1.29, 1.82) is 0 Å². The smallest absolute Gasteiger partial charge is 0.216 e. The molecule has 0 aliphatic rings. The fourth-order valence-electron chi connectivity index (χ4n) is 0.818. The zero-order chi connectivity index (χ0) is 8.97. The average Bonchev–Trinajstić information content (AvgIpc) is 2.16. The average molecular weight is 279 g/mol. The topological polar surface area (TPSA) is 31.4 Å². The van der Waals surface area contributed by atoms with Gasteiger partial charge in [-0.1, -0.05) is 22.6 Å². The standard InChI is InChI=1S/C8H10INO2/c1-11-7-3-6(5-9)4-8(10-7)12-2/h3-4H,5H2,1-2H3. The lowest BCUT2D eigenvalue weighted by atomic mass is 10.3. The van der Waals surface area contributed by atoms with Crippen LogP contribution >= 0.6 is 22.6 Å². The Balaban J connectivity index is 3.01. The van der Waals surface area contributed by atoms with E-state index in [1.54, 1.807) is 14.2 Å². The molecule has 3 nitrogen and oxygen atoms in total. The van der Waals surface area contributed by atoms with Crippen molar-refractivity contribution in [3.8, 4) is 11.8 Å². The first-order valence-corrected chi connectivity index (χ1v) is 4.97. The number of hydrogen-bond acceptors (Lipinski definition) is 3. The van der Waals surface area contributed by atoms with Crippen molar-refractivity contribution >= 4 is 22.6 Å². The quantitative estimate of drug-likeness (QED) is 0.626. The second-order valence-corrected chi connectivity index (χ2v) is 2.96. The molecule has 0 bridgehead atoms. The van der Waals surface area contributed by atoms with Crippen LogP contribution < -0.4 is 9.47 Å². The van der Waals surface area contributed by atoms with Gasteiger partial charge in [0.15, 0.2) is 0 Å². The molecule has 0 saturated heterocycles. The summed E-state index contributed by atoms with van der Waals surface area (Å²) in [5, 5.41) is 0. The second kappa shape index (κ2) is 4.49. The summed E-state index contributed by atoms with van der Waals surface area (Å²) in [6.45, 7) is 0. The van der Waals surface area contributed by atoms with E-state index in [9.17, 15) is 0 Å². The number of hydrogen-bond donors (Lipinski definition) is 0. The van der Waals surface area contributed by atoms with Crippen molar-refractivity contribution < 1.29 is 9.47 Å². The lowest BCUT2D eigenvalue weighted by Gasteiger charge is -2.04. The van der Waals surface area contributed by atoms with Crippen molar-refractivity contribution in [2.45, 2.75) is 4.43 Å². The number of halogens is 1. The molecule has 66 valence electrons. The summed E-state index contributed by atoms with van der Waals surface area (Å²) in [5.41, 5.74) is 1.15. The molecule has 0 N–H and O–H groups in total. The molecule has 12 heavy (non-hydrogen) atoms. The molecule has 1 heterocycles. The summed E-state index contributed by atoms with van der Waals surface area (Å²) in [4.78, 5) is 4.07. The molecule has 4 heteroatoms. The van der Waals surface area contributed by atoms with Gasteiger partial charge in [-0.05, 0) is 5.56 Å². The number of pyridine rings is 1. The van der Waals surface area contributed by atoms with E-state index in [2.05, 4.69) is 27.6 Å². The number of rotatable bonds is 3. The lowest BCUT2D eigenvalue weighted by molar-refractivity contribution is 0.364. The van der Waals surface area contributed by atoms with Crippen molar-refractivity contribution in [3.05, 3.63) is 17.7 Å². The molecule has 0 aromatic carbocycles. The van der Waals surface area contributed by atoms with E-state index in [1.807, 2.05) is 12.1 Å². The molecule has 0 radical (unpaired) electrons. The van der Waals surface area contributed by atoms with Gasteiger partial charge in [-0.15, -0.1) is 0 Å². The maximum Gasteiger partial charge on any atom is 0.216 e. The summed E-state index contributed by atoms with van der Waals surface area (Å²) in [5.74, 6) is 1.20. The van der Waals surface area contributed by atoms with Gasteiger partial charge >= 0.3 is 0 Å². The van der Waals surface area contributed by atoms with Gasteiger partial charge in [0, 0.05) is 16.6 Å². The summed E-state index contributed by atoms with van der Waals surface area (Å²) >= 11 is 2.28. The Morgan fingerprint density at radius 1 is 1.25 bits per heavy atom. The molecule has 0 atom stereocenters. The molecule has 0 amide bonds. The Bertz CT molecular complexity index is 210. The van der Waals surface area contributed by atoms with Gasteiger partial charge in [-0.3, -0.25) is 0 Å². The highest BCUT2D eigenvalue weighted by molar-refractivity contribution is 14.1. The predicted octanol–water partition coefficient (Wildman–Crippen LogP) is 2.03. The van der Waals surface area contributed by atoms with Gasteiger partial charge in [-0.25, -0.2) is 0 Å². The number of aromatic nitrogens is 1. The molecule has 1 rings (SSSR count). The van der Waals surface area contributed by atoms with Gasteiger partial charge in [0.2, 0.25) is 11.8 Å². The molecule has 0 spiro atoms. The van der Waals surface area contributed by atoms with Crippen molar-refractivity contribution in [1.82, 2.24) is 4.98 Å². The molecule has 0 fully saturated rings. The van der Waals surface area contributed by atoms with E-state index in [4.69, 9.17) is 9.47 Å². The van der Waals surface area contributed by atoms with Crippen LogP contribution in [0.4, 0.5) is 0 Å². The molecular formula is C8H10INO2. The third-order valence-corrected chi connectivity index (χ3v) is 2.29. The molecular weight excluding hydrogens is 269 g/mol. The number of nitrogens with zero attached hydrogens (tertiary/aromatic N) is 1. The first-order chi connectivity index (χ1) is 5.80. The Hall–Kier alpha value is -0.520. The van der Waals surface area contributed by atoms with Gasteiger partial charge in [-0.2, -0.15) is 4.98 Å². The van der Waals surface area contributed by atoms with Gasteiger partial charge in [0.25, 0.3) is 0 Å². The Kier molecular flexibility index (Phi) is 3.58. The van der Waals surface area contributed by atoms with Crippen LogP contribution in [-0.4, -0.2) is 19.2 Å². The fraction of sp³-hybridized carbons (Fsp3) is 0.375. The highest BCUT2D eigenvalue weighted by Gasteiger charge is 2.01. The van der Waals surface area contributed by atoms with E-state index in [0.717, 1.165) is 9.99 Å². The van der Waals surface area contributed by atoms with Crippen LogP contribution in [0.5, 0.6) is 11.8 Å². The molecule has 1 aromatic rings. The highest BCUT2D eigenvalue weighted by Crippen LogP contribution is 2.19. The Labute approximate surface area is 85.2 Å². The summed E-state index contributed by atoms with van der Waals surface area (Å²) in [7, 11) is 3.19. The predicted molar refractivity (Wildman–Crippen MR) is 55.1 cm³/mol. The van der Waals surface area contributed by atoms with Crippen LogP contribution in [0.15, 0.2) is 12.1 Å². The lowest BCUT2D eigenvalue weighted by Crippen LogP contribution is -1.93. The first kappa shape index (κ1) is 9.57. The van der Waals surface area contributed by atoms with Crippen LogP contribution in [0.25, 0.3) is 0 Å². The summed E-state index contributed by atoms with van der Waals surface area (Å²) in [6.07, 6.45) is 0. The monoisotopic (exact) mass is 279 g/mol. The van der Waals surface area contributed by atoms with E-state index in [1.165, 1.54) is 0 Å².